The molecule has 0 saturated carbocycles. The Morgan fingerprint density at radius 2 is 2.16 bits per heavy atom. The largest absolute Gasteiger partial charge is 0.355 e. The zero-order chi connectivity index (χ0) is 13.2. The van der Waals surface area contributed by atoms with E-state index in [4.69, 9.17) is 5.73 Å². The van der Waals surface area contributed by atoms with Crippen molar-refractivity contribution in [3.8, 4) is 0 Å². The molecular formula is C15H24N4. The number of anilines is 1. The van der Waals surface area contributed by atoms with Crippen molar-refractivity contribution in [1.82, 2.24) is 9.88 Å². The second-order valence-electron chi connectivity index (χ2n) is 5.82. The van der Waals surface area contributed by atoms with Gasteiger partial charge in [-0.3, -0.25) is 4.90 Å². The van der Waals surface area contributed by atoms with Gasteiger partial charge in [-0.05, 0) is 49.9 Å². The lowest BCUT2D eigenvalue weighted by atomic mass is 10.1. The van der Waals surface area contributed by atoms with E-state index in [1.54, 1.807) is 0 Å². The lowest BCUT2D eigenvalue weighted by molar-refractivity contribution is 0.273. The van der Waals surface area contributed by atoms with Crippen LogP contribution in [0.15, 0.2) is 12.3 Å². The van der Waals surface area contributed by atoms with Crippen molar-refractivity contribution in [2.45, 2.75) is 38.8 Å². The third kappa shape index (κ3) is 2.60. The Kier molecular flexibility index (Phi) is 3.71. The highest BCUT2D eigenvalue weighted by Gasteiger charge is 2.29. The van der Waals surface area contributed by atoms with Crippen molar-refractivity contribution >= 4 is 5.82 Å². The van der Waals surface area contributed by atoms with Gasteiger partial charge in [-0.2, -0.15) is 0 Å². The van der Waals surface area contributed by atoms with E-state index in [1.165, 1.54) is 37.9 Å². The maximum atomic E-state index is 5.68. The van der Waals surface area contributed by atoms with Crippen LogP contribution in [0.4, 0.5) is 5.82 Å². The molecule has 3 heterocycles. The van der Waals surface area contributed by atoms with Gasteiger partial charge in [-0.1, -0.05) is 0 Å². The number of aryl methyl sites for hydroxylation is 1. The maximum Gasteiger partial charge on any atom is 0.131 e. The molecule has 1 aromatic heterocycles. The van der Waals surface area contributed by atoms with Crippen LogP contribution < -0.4 is 10.6 Å². The van der Waals surface area contributed by atoms with E-state index in [0.29, 0.717) is 6.54 Å². The summed E-state index contributed by atoms with van der Waals surface area (Å²) in [5, 5.41) is 0. The molecule has 2 saturated heterocycles. The van der Waals surface area contributed by atoms with Crippen LogP contribution in [0.3, 0.4) is 0 Å². The zero-order valence-corrected chi connectivity index (χ0v) is 11.8. The molecular weight excluding hydrogens is 236 g/mol. The van der Waals surface area contributed by atoms with Gasteiger partial charge in [0, 0.05) is 38.4 Å². The molecule has 2 fully saturated rings. The van der Waals surface area contributed by atoms with Gasteiger partial charge in [-0.25, -0.2) is 4.98 Å². The minimum absolute atomic E-state index is 0.574. The Balaban J connectivity index is 1.80. The fourth-order valence-corrected chi connectivity index (χ4v) is 3.47. The van der Waals surface area contributed by atoms with Gasteiger partial charge in [0.1, 0.15) is 5.82 Å². The van der Waals surface area contributed by atoms with Crippen LogP contribution in [0.5, 0.6) is 0 Å². The molecule has 3 rings (SSSR count). The van der Waals surface area contributed by atoms with Crippen LogP contribution in [0.2, 0.25) is 0 Å². The predicted octanol–water partition coefficient (Wildman–Crippen LogP) is 1.52. The molecule has 0 aromatic carbocycles. The summed E-state index contributed by atoms with van der Waals surface area (Å²) in [6, 6.07) is 2.91. The zero-order valence-electron chi connectivity index (χ0n) is 11.8. The van der Waals surface area contributed by atoms with E-state index in [-0.39, 0.29) is 0 Å². The lowest BCUT2D eigenvalue weighted by Crippen LogP contribution is -2.37. The van der Waals surface area contributed by atoms with Gasteiger partial charge in [0.05, 0.1) is 0 Å². The first-order valence-corrected chi connectivity index (χ1v) is 7.42. The minimum Gasteiger partial charge on any atom is -0.355 e. The topological polar surface area (TPSA) is 45.4 Å². The van der Waals surface area contributed by atoms with Gasteiger partial charge in [0.25, 0.3) is 0 Å². The monoisotopic (exact) mass is 260 g/mol. The Hall–Kier alpha value is -1.13. The molecule has 1 atom stereocenters. The number of hydrogen-bond donors (Lipinski definition) is 1. The molecule has 19 heavy (non-hydrogen) atoms. The summed E-state index contributed by atoms with van der Waals surface area (Å²) in [7, 11) is 0. The summed E-state index contributed by atoms with van der Waals surface area (Å²) in [6.07, 6.45) is 5.88. The Bertz CT molecular complexity index is 446. The summed E-state index contributed by atoms with van der Waals surface area (Å²) in [4.78, 5) is 9.79. The number of fused-ring (bicyclic) bond motifs is 1. The van der Waals surface area contributed by atoms with E-state index in [1.807, 2.05) is 6.20 Å². The first-order chi connectivity index (χ1) is 9.28. The number of pyridine rings is 1. The molecule has 0 aliphatic carbocycles. The first kappa shape index (κ1) is 12.9. The van der Waals surface area contributed by atoms with Crippen molar-refractivity contribution < 1.29 is 0 Å². The molecule has 4 heteroatoms. The van der Waals surface area contributed by atoms with E-state index in [0.717, 1.165) is 30.5 Å². The van der Waals surface area contributed by atoms with E-state index < -0.39 is 0 Å². The van der Waals surface area contributed by atoms with Gasteiger partial charge in [-0.15, -0.1) is 0 Å². The molecule has 0 radical (unpaired) electrons. The number of aromatic nitrogens is 1. The SMILES string of the molecule is Cc1cc(CN)cnc1N1CCCN2CCCC2C1. The highest BCUT2D eigenvalue weighted by molar-refractivity contribution is 5.47. The van der Waals surface area contributed by atoms with Crippen LogP contribution in [0.25, 0.3) is 0 Å². The van der Waals surface area contributed by atoms with Gasteiger partial charge < -0.3 is 10.6 Å². The predicted molar refractivity (Wildman–Crippen MR) is 78.3 cm³/mol. The van der Waals surface area contributed by atoms with Crippen LogP contribution in [-0.2, 0) is 6.54 Å². The normalized spacial score (nSPS) is 24.3. The van der Waals surface area contributed by atoms with E-state index in [2.05, 4.69) is 27.8 Å². The minimum atomic E-state index is 0.574. The summed E-state index contributed by atoms with van der Waals surface area (Å²) in [5.41, 5.74) is 8.06. The van der Waals surface area contributed by atoms with Crippen molar-refractivity contribution in [1.29, 1.82) is 0 Å². The van der Waals surface area contributed by atoms with E-state index in [9.17, 15) is 0 Å². The smallest absolute Gasteiger partial charge is 0.131 e. The summed E-state index contributed by atoms with van der Waals surface area (Å²) < 4.78 is 0. The molecule has 0 spiro atoms. The van der Waals surface area contributed by atoms with Gasteiger partial charge in [0.15, 0.2) is 0 Å². The van der Waals surface area contributed by atoms with Crippen LogP contribution in [0.1, 0.15) is 30.4 Å². The molecule has 4 nitrogen and oxygen atoms in total. The molecule has 1 aromatic rings. The third-order valence-corrected chi connectivity index (χ3v) is 4.45. The fraction of sp³-hybridized carbons (Fsp3) is 0.667. The quantitative estimate of drug-likeness (QED) is 0.876. The first-order valence-electron chi connectivity index (χ1n) is 7.42. The van der Waals surface area contributed by atoms with Crippen molar-refractivity contribution in [3.05, 3.63) is 23.4 Å². The van der Waals surface area contributed by atoms with Crippen LogP contribution >= 0.6 is 0 Å². The van der Waals surface area contributed by atoms with E-state index >= 15 is 0 Å². The number of rotatable bonds is 2. The number of hydrogen-bond acceptors (Lipinski definition) is 4. The highest BCUT2D eigenvalue weighted by Crippen LogP contribution is 2.25. The molecule has 1 unspecified atom stereocenters. The standard InChI is InChI=1S/C15H24N4/c1-12-8-13(9-16)10-17-15(12)19-7-3-6-18-5-2-4-14(18)11-19/h8,10,14H,2-7,9,11,16H2,1H3. The van der Waals surface area contributed by atoms with Crippen molar-refractivity contribution in [3.63, 3.8) is 0 Å². The molecule has 104 valence electrons. The molecule has 0 amide bonds. The van der Waals surface area contributed by atoms with Gasteiger partial charge >= 0.3 is 0 Å². The van der Waals surface area contributed by atoms with Gasteiger partial charge in [0.2, 0.25) is 0 Å². The molecule has 2 N–H and O–H groups in total. The second-order valence-corrected chi connectivity index (χ2v) is 5.82. The Labute approximate surface area is 115 Å². The molecule has 0 bridgehead atoms. The van der Waals surface area contributed by atoms with Crippen LogP contribution in [0, 0.1) is 6.92 Å². The lowest BCUT2D eigenvalue weighted by Gasteiger charge is -2.27. The molecule has 2 aliphatic rings. The highest BCUT2D eigenvalue weighted by atomic mass is 15.3. The second kappa shape index (κ2) is 5.47. The Morgan fingerprint density at radius 1 is 1.32 bits per heavy atom. The summed E-state index contributed by atoms with van der Waals surface area (Å²) >= 11 is 0. The summed E-state index contributed by atoms with van der Waals surface area (Å²) in [5.74, 6) is 1.16. The summed E-state index contributed by atoms with van der Waals surface area (Å²) in [6.45, 7) is 7.53. The third-order valence-electron chi connectivity index (χ3n) is 4.45. The number of nitrogens with two attached hydrogens (primary N) is 1. The Morgan fingerprint density at radius 3 is 2.95 bits per heavy atom. The molecule has 2 aliphatic heterocycles. The maximum absolute atomic E-state index is 5.68. The van der Waals surface area contributed by atoms with Crippen molar-refractivity contribution in [2.24, 2.45) is 5.73 Å². The number of nitrogens with zero attached hydrogens (tertiary/aromatic N) is 3. The van der Waals surface area contributed by atoms with Crippen molar-refractivity contribution in [2.75, 3.05) is 31.1 Å². The van der Waals surface area contributed by atoms with Crippen LogP contribution in [-0.4, -0.2) is 42.1 Å². The average molecular weight is 260 g/mol. The fourth-order valence-electron chi connectivity index (χ4n) is 3.47. The average Bonchev–Trinajstić information content (AvgIpc) is 2.76.